The molecule has 3 aliphatic rings. The maximum absolute atomic E-state index is 12.9. The molecule has 1 amide bonds. The van der Waals surface area contributed by atoms with Crippen molar-refractivity contribution in [3.63, 3.8) is 0 Å². The Balaban J connectivity index is 1.70. The first-order valence-electron chi connectivity index (χ1n) is 8.32. The Hall–Kier alpha value is -0.610. The molecule has 5 unspecified atom stereocenters. The van der Waals surface area contributed by atoms with Crippen molar-refractivity contribution >= 4 is 5.91 Å². The molecule has 1 saturated carbocycles. The zero-order chi connectivity index (χ0) is 14.1. The SMILES string of the molecule is CCC1OCCC1C(=O)N1CCCC1C1CCCC1O. The Kier molecular flexibility index (Phi) is 4.32. The van der Waals surface area contributed by atoms with E-state index >= 15 is 0 Å². The van der Waals surface area contributed by atoms with E-state index < -0.39 is 0 Å². The highest BCUT2D eigenvalue weighted by atomic mass is 16.5. The highest BCUT2D eigenvalue weighted by Gasteiger charge is 2.44. The van der Waals surface area contributed by atoms with Gasteiger partial charge in [0.1, 0.15) is 0 Å². The highest BCUT2D eigenvalue weighted by molar-refractivity contribution is 5.80. The number of ether oxygens (including phenoxy) is 1. The second-order valence-corrected chi connectivity index (χ2v) is 6.62. The molecule has 1 aliphatic carbocycles. The molecule has 1 N–H and O–H groups in total. The molecule has 4 heteroatoms. The van der Waals surface area contributed by atoms with Gasteiger partial charge < -0.3 is 14.7 Å². The van der Waals surface area contributed by atoms with E-state index in [2.05, 4.69) is 11.8 Å². The fraction of sp³-hybridized carbons (Fsp3) is 0.938. The van der Waals surface area contributed by atoms with Crippen molar-refractivity contribution in [2.45, 2.75) is 70.1 Å². The molecule has 114 valence electrons. The van der Waals surface area contributed by atoms with Gasteiger partial charge in [-0.15, -0.1) is 0 Å². The first kappa shape index (κ1) is 14.3. The van der Waals surface area contributed by atoms with Gasteiger partial charge in [0.2, 0.25) is 5.91 Å². The minimum absolute atomic E-state index is 0.0548. The molecular formula is C16H27NO3. The van der Waals surface area contributed by atoms with Crippen molar-refractivity contribution in [1.29, 1.82) is 0 Å². The van der Waals surface area contributed by atoms with Crippen LogP contribution in [-0.4, -0.2) is 47.3 Å². The summed E-state index contributed by atoms with van der Waals surface area (Å²) >= 11 is 0. The molecule has 4 nitrogen and oxygen atoms in total. The molecule has 3 fully saturated rings. The Morgan fingerprint density at radius 1 is 1.25 bits per heavy atom. The van der Waals surface area contributed by atoms with Gasteiger partial charge in [-0.2, -0.15) is 0 Å². The van der Waals surface area contributed by atoms with E-state index in [1.807, 2.05) is 0 Å². The van der Waals surface area contributed by atoms with Gasteiger partial charge in [0.25, 0.3) is 0 Å². The van der Waals surface area contributed by atoms with Crippen molar-refractivity contribution in [3.8, 4) is 0 Å². The number of amides is 1. The van der Waals surface area contributed by atoms with Crippen molar-refractivity contribution in [3.05, 3.63) is 0 Å². The summed E-state index contributed by atoms with van der Waals surface area (Å²) in [5, 5.41) is 10.1. The van der Waals surface area contributed by atoms with Crippen molar-refractivity contribution in [2.75, 3.05) is 13.2 Å². The van der Waals surface area contributed by atoms with Crippen LogP contribution in [-0.2, 0) is 9.53 Å². The number of aliphatic hydroxyl groups excluding tert-OH is 1. The number of hydrogen-bond acceptors (Lipinski definition) is 3. The fourth-order valence-corrected chi connectivity index (χ4v) is 4.48. The molecule has 0 aromatic carbocycles. The largest absolute Gasteiger partial charge is 0.393 e. The molecule has 0 spiro atoms. The Morgan fingerprint density at radius 2 is 2.10 bits per heavy atom. The average molecular weight is 281 g/mol. The lowest BCUT2D eigenvalue weighted by atomic mass is 9.92. The molecule has 0 aromatic heterocycles. The van der Waals surface area contributed by atoms with Gasteiger partial charge in [-0.05, 0) is 38.5 Å². The van der Waals surface area contributed by atoms with E-state index in [1.54, 1.807) is 0 Å². The average Bonchev–Trinajstić information content (AvgIpc) is 3.17. The fourth-order valence-electron chi connectivity index (χ4n) is 4.48. The molecule has 2 saturated heterocycles. The second kappa shape index (κ2) is 6.02. The zero-order valence-electron chi connectivity index (χ0n) is 12.5. The van der Waals surface area contributed by atoms with E-state index in [-0.39, 0.29) is 30.1 Å². The van der Waals surface area contributed by atoms with Crippen LogP contribution in [0.3, 0.4) is 0 Å². The third kappa shape index (κ3) is 2.48. The molecule has 2 heterocycles. The van der Waals surface area contributed by atoms with Crippen LogP contribution >= 0.6 is 0 Å². The van der Waals surface area contributed by atoms with Gasteiger partial charge >= 0.3 is 0 Å². The van der Waals surface area contributed by atoms with E-state index in [1.165, 1.54) is 0 Å². The Morgan fingerprint density at radius 3 is 2.80 bits per heavy atom. The molecule has 2 aliphatic heterocycles. The first-order valence-corrected chi connectivity index (χ1v) is 8.32. The summed E-state index contributed by atoms with van der Waals surface area (Å²) in [6, 6.07) is 0.276. The predicted octanol–water partition coefficient (Wildman–Crippen LogP) is 1.95. The highest BCUT2D eigenvalue weighted by Crippen LogP contribution is 2.37. The van der Waals surface area contributed by atoms with Crippen molar-refractivity contribution in [2.24, 2.45) is 11.8 Å². The second-order valence-electron chi connectivity index (χ2n) is 6.62. The lowest BCUT2D eigenvalue weighted by Gasteiger charge is -2.33. The molecule has 0 aromatic rings. The smallest absolute Gasteiger partial charge is 0.228 e. The van der Waals surface area contributed by atoms with Gasteiger partial charge in [0.05, 0.1) is 18.1 Å². The molecule has 5 atom stereocenters. The van der Waals surface area contributed by atoms with E-state index in [4.69, 9.17) is 4.74 Å². The van der Waals surface area contributed by atoms with Crippen molar-refractivity contribution < 1.29 is 14.6 Å². The van der Waals surface area contributed by atoms with Crippen LogP contribution < -0.4 is 0 Å². The summed E-state index contributed by atoms with van der Waals surface area (Å²) in [6.45, 7) is 3.69. The number of rotatable bonds is 3. The monoisotopic (exact) mass is 281 g/mol. The molecule has 0 bridgehead atoms. The summed E-state index contributed by atoms with van der Waals surface area (Å²) < 4.78 is 5.68. The number of hydrogen-bond donors (Lipinski definition) is 1. The standard InChI is InChI=1S/C16H27NO3/c1-2-15-12(8-10-20-15)16(19)17-9-4-6-13(17)11-5-3-7-14(11)18/h11-15,18H,2-10H2,1H3. The van der Waals surface area contributed by atoms with Gasteiger partial charge in [0, 0.05) is 25.1 Å². The van der Waals surface area contributed by atoms with Crippen LogP contribution in [0.25, 0.3) is 0 Å². The predicted molar refractivity (Wildman–Crippen MR) is 76.2 cm³/mol. The van der Waals surface area contributed by atoms with Crippen molar-refractivity contribution in [1.82, 2.24) is 4.90 Å². The molecule has 3 rings (SSSR count). The van der Waals surface area contributed by atoms with Crippen LogP contribution in [0.1, 0.15) is 51.9 Å². The number of nitrogens with zero attached hydrogens (tertiary/aromatic N) is 1. The minimum Gasteiger partial charge on any atom is -0.393 e. The van der Waals surface area contributed by atoms with Gasteiger partial charge in [0.15, 0.2) is 0 Å². The maximum atomic E-state index is 12.9. The third-order valence-corrected chi connectivity index (χ3v) is 5.54. The van der Waals surface area contributed by atoms with Gasteiger partial charge in [-0.25, -0.2) is 0 Å². The molecular weight excluding hydrogens is 254 g/mol. The summed E-state index contributed by atoms with van der Waals surface area (Å²) in [7, 11) is 0. The summed E-state index contributed by atoms with van der Waals surface area (Å²) in [6.07, 6.45) is 6.94. The Labute approximate surface area is 121 Å². The lowest BCUT2D eigenvalue weighted by Crippen LogP contribution is -2.46. The van der Waals surface area contributed by atoms with E-state index in [9.17, 15) is 9.90 Å². The van der Waals surface area contributed by atoms with Crippen LogP contribution in [0.2, 0.25) is 0 Å². The van der Waals surface area contributed by atoms with Crippen LogP contribution in [0.5, 0.6) is 0 Å². The number of likely N-dealkylation sites (tertiary alicyclic amines) is 1. The quantitative estimate of drug-likeness (QED) is 0.860. The summed E-state index contributed by atoms with van der Waals surface area (Å²) in [5.41, 5.74) is 0. The number of carbonyl (C=O) groups is 1. The topological polar surface area (TPSA) is 49.8 Å². The van der Waals surface area contributed by atoms with Crippen LogP contribution in [0.4, 0.5) is 0 Å². The van der Waals surface area contributed by atoms with Crippen LogP contribution in [0.15, 0.2) is 0 Å². The summed E-state index contributed by atoms with van der Waals surface area (Å²) in [4.78, 5) is 14.9. The van der Waals surface area contributed by atoms with E-state index in [0.29, 0.717) is 5.92 Å². The van der Waals surface area contributed by atoms with Gasteiger partial charge in [-0.1, -0.05) is 13.3 Å². The normalized spacial score (nSPS) is 41.5. The zero-order valence-corrected chi connectivity index (χ0v) is 12.5. The Bertz CT molecular complexity index is 360. The van der Waals surface area contributed by atoms with E-state index in [0.717, 1.165) is 58.1 Å². The number of aliphatic hydroxyl groups is 1. The maximum Gasteiger partial charge on any atom is 0.228 e. The molecule has 20 heavy (non-hydrogen) atoms. The van der Waals surface area contributed by atoms with Crippen LogP contribution in [0, 0.1) is 11.8 Å². The number of carbonyl (C=O) groups excluding carboxylic acids is 1. The van der Waals surface area contributed by atoms with Gasteiger partial charge in [-0.3, -0.25) is 4.79 Å². The first-order chi connectivity index (χ1) is 9.72. The third-order valence-electron chi connectivity index (χ3n) is 5.54. The molecule has 0 radical (unpaired) electrons. The minimum atomic E-state index is -0.199. The lowest BCUT2D eigenvalue weighted by molar-refractivity contribution is -0.139. The summed E-state index contributed by atoms with van der Waals surface area (Å²) in [5.74, 6) is 0.652.